The molecule has 0 aliphatic heterocycles. The molecule has 0 aromatic carbocycles. The summed E-state index contributed by atoms with van der Waals surface area (Å²) in [5.41, 5.74) is 2.01. The highest BCUT2D eigenvalue weighted by Crippen LogP contribution is 2.09. The molecular weight excluding hydrogens is 234 g/mol. The van der Waals surface area contributed by atoms with Gasteiger partial charge in [0.1, 0.15) is 0 Å². The Bertz CT molecular complexity index is 474. The molecule has 0 aliphatic rings. The Labute approximate surface area is 105 Å². The minimum Gasteiger partial charge on any atom is -0.309 e. The fraction of sp³-hybridized carbons (Fsp3) is 0.545. The van der Waals surface area contributed by atoms with Gasteiger partial charge in [-0.25, -0.2) is 9.67 Å². The summed E-state index contributed by atoms with van der Waals surface area (Å²) in [5.74, 6) is 0. The van der Waals surface area contributed by atoms with Crippen molar-refractivity contribution < 1.29 is 0 Å². The van der Waals surface area contributed by atoms with Crippen molar-refractivity contribution in [3.63, 3.8) is 0 Å². The van der Waals surface area contributed by atoms with Gasteiger partial charge in [0.15, 0.2) is 0 Å². The Hall–Kier alpha value is -1.27. The zero-order chi connectivity index (χ0) is 12.3. The van der Waals surface area contributed by atoms with Crippen molar-refractivity contribution in [2.24, 2.45) is 0 Å². The Morgan fingerprint density at radius 1 is 1.41 bits per heavy atom. The molecule has 0 spiro atoms. The second-order valence-electron chi connectivity index (χ2n) is 4.30. The molecule has 0 aliphatic carbocycles. The first kappa shape index (κ1) is 12.2. The van der Waals surface area contributed by atoms with Crippen LogP contribution in [0.25, 0.3) is 0 Å². The maximum absolute atomic E-state index is 4.40. The Balaban J connectivity index is 1.94. The lowest BCUT2D eigenvalue weighted by molar-refractivity contribution is 0.580. The van der Waals surface area contributed by atoms with Crippen LogP contribution in [-0.2, 0) is 13.1 Å². The summed E-state index contributed by atoms with van der Waals surface area (Å²) in [4.78, 5) is 4.40. The molecule has 0 saturated carbocycles. The van der Waals surface area contributed by atoms with Crippen molar-refractivity contribution in [2.45, 2.75) is 39.9 Å². The number of rotatable bonds is 5. The third-order valence-electron chi connectivity index (χ3n) is 2.27. The zero-order valence-electron chi connectivity index (χ0n) is 10.3. The van der Waals surface area contributed by atoms with Crippen LogP contribution >= 0.6 is 11.3 Å². The molecule has 0 radical (unpaired) electrons. The standard InChI is InChI=1S/C11H17N5S/c1-8(2)12-4-10-5-16(15-14-10)6-11-7-17-9(3)13-11/h5,7-8,12H,4,6H2,1-3H3. The van der Waals surface area contributed by atoms with E-state index in [2.05, 4.69) is 39.8 Å². The average Bonchev–Trinajstić information content (AvgIpc) is 2.86. The van der Waals surface area contributed by atoms with Crippen LogP contribution in [0.1, 0.15) is 30.2 Å². The summed E-state index contributed by atoms with van der Waals surface area (Å²) in [6, 6.07) is 0.460. The molecule has 2 rings (SSSR count). The molecule has 17 heavy (non-hydrogen) atoms. The van der Waals surface area contributed by atoms with E-state index < -0.39 is 0 Å². The number of nitrogens with one attached hydrogen (secondary N) is 1. The van der Waals surface area contributed by atoms with Crippen molar-refractivity contribution in [3.8, 4) is 0 Å². The number of thiazole rings is 1. The molecule has 2 aromatic rings. The molecule has 0 unspecified atom stereocenters. The van der Waals surface area contributed by atoms with Gasteiger partial charge in [0.2, 0.25) is 0 Å². The van der Waals surface area contributed by atoms with Crippen LogP contribution in [0.3, 0.4) is 0 Å². The van der Waals surface area contributed by atoms with Crippen LogP contribution in [-0.4, -0.2) is 26.0 Å². The SMILES string of the molecule is Cc1nc(Cn2cc(CNC(C)C)nn2)cs1. The van der Waals surface area contributed by atoms with Gasteiger partial charge in [-0.05, 0) is 6.92 Å². The molecule has 1 N–H and O–H groups in total. The molecule has 2 heterocycles. The first-order chi connectivity index (χ1) is 8.13. The molecule has 0 amide bonds. The molecule has 0 atom stereocenters. The topological polar surface area (TPSA) is 55.6 Å². The van der Waals surface area contributed by atoms with Gasteiger partial charge in [-0.1, -0.05) is 19.1 Å². The summed E-state index contributed by atoms with van der Waals surface area (Å²) in [5, 5.41) is 14.7. The van der Waals surface area contributed by atoms with E-state index in [4.69, 9.17) is 0 Å². The van der Waals surface area contributed by atoms with Crippen molar-refractivity contribution in [3.05, 3.63) is 28.0 Å². The van der Waals surface area contributed by atoms with E-state index in [9.17, 15) is 0 Å². The monoisotopic (exact) mass is 251 g/mol. The van der Waals surface area contributed by atoms with Crippen LogP contribution in [0, 0.1) is 6.92 Å². The molecule has 2 aromatic heterocycles. The summed E-state index contributed by atoms with van der Waals surface area (Å²) in [6.45, 7) is 7.69. The van der Waals surface area contributed by atoms with Gasteiger partial charge in [-0.2, -0.15) is 0 Å². The van der Waals surface area contributed by atoms with Crippen molar-refractivity contribution in [2.75, 3.05) is 0 Å². The third-order valence-corrected chi connectivity index (χ3v) is 3.09. The van der Waals surface area contributed by atoms with Crippen LogP contribution in [0.15, 0.2) is 11.6 Å². The lowest BCUT2D eigenvalue weighted by Crippen LogP contribution is -2.21. The number of aryl methyl sites for hydroxylation is 1. The minimum absolute atomic E-state index is 0.460. The van der Waals surface area contributed by atoms with Crippen LogP contribution in [0.5, 0.6) is 0 Å². The maximum Gasteiger partial charge on any atom is 0.0965 e. The van der Waals surface area contributed by atoms with E-state index in [1.54, 1.807) is 11.3 Å². The number of hydrogen-bond acceptors (Lipinski definition) is 5. The summed E-state index contributed by atoms with van der Waals surface area (Å²) in [7, 11) is 0. The van der Waals surface area contributed by atoms with Crippen LogP contribution in [0.2, 0.25) is 0 Å². The maximum atomic E-state index is 4.40. The fourth-order valence-electron chi connectivity index (χ4n) is 1.45. The average molecular weight is 251 g/mol. The summed E-state index contributed by atoms with van der Waals surface area (Å²) < 4.78 is 1.83. The number of nitrogens with zero attached hydrogens (tertiary/aromatic N) is 4. The first-order valence-corrected chi connectivity index (χ1v) is 6.55. The summed E-state index contributed by atoms with van der Waals surface area (Å²) >= 11 is 1.66. The third kappa shape index (κ3) is 3.61. The molecule has 6 heteroatoms. The highest BCUT2D eigenvalue weighted by Gasteiger charge is 2.04. The van der Waals surface area contributed by atoms with E-state index in [0.29, 0.717) is 12.6 Å². The quantitative estimate of drug-likeness (QED) is 0.876. The van der Waals surface area contributed by atoms with Gasteiger partial charge in [-0.3, -0.25) is 0 Å². The van der Waals surface area contributed by atoms with Gasteiger partial charge in [0.25, 0.3) is 0 Å². The van der Waals surface area contributed by atoms with Crippen LogP contribution in [0.4, 0.5) is 0 Å². The lowest BCUT2D eigenvalue weighted by atomic mass is 10.3. The van der Waals surface area contributed by atoms with E-state index in [1.165, 1.54) is 0 Å². The van der Waals surface area contributed by atoms with E-state index in [0.717, 1.165) is 22.9 Å². The zero-order valence-corrected chi connectivity index (χ0v) is 11.2. The molecule has 0 fully saturated rings. The second kappa shape index (κ2) is 5.37. The van der Waals surface area contributed by atoms with E-state index >= 15 is 0 Å². The predicted octanol–water partition coefficient (Wildman–Crippen LogP) is 1.59. The molecule has 0 bridgehead atoms. The van der Waals surface area contributed by atoms with Crippen molar-refractivity contribution >= 4 is 11.3 Å². The Kier molecular flexibility index (Phi) is 3.86. The van der Waals surface area contributed by atoms with Crippen molar-refractivity contribution in [1.82, 2.24) is 25.3 Å². The lowest BCUT2D eigenvalue weighted by Gasteiger charge is -2.04. The van der Waals surface area contributed by atoms with Crippen LogP contribution < -0.4 is 5.32 Å². The second-order valence-corrected chi connectivity index (χ2v) is 5.36. The first-order valence-electron chi connectivity index (χ1n) is 5.67. The van der Waals surface area contributed by atoms with Gasteiger partial charge >= 0.3 is 0 Å². The predicted molar refractivity (Wildman–Crippen MR) is 68.0 cm³/mol. The highest BCUT2D eigenvalue weighted by atomic mass is 32.1. The smallest absolute Gasteiger partial charge is 0.0965 e. The van der Waals surface area contributed by atoms with Gasteiger partial charge < -0.3 is 5.32 Å². The van der Waals surface area contributed by atoms with Gasteiger partial charge in [-0.15, -0.1) is 16.4 Å². The molecule has 5 nitrogen and oxygen atoms in total. The van der Waals surface area contributed by atoms with Gasteiger partial charge in [0, 0.05) is 18.0 Å². The molecular formula is C11H17N5S. The number of hydrogen-bond donors (Lipinski definition) is 1. The molecule has 0 saturated heterocycles. The number of aromatic nitrogens is 4. The largest absolute Gasteiger partial charge is 0.309 e. The highest BCUT2D eigenvalue weighted by molar-refractivity contribution is 7.09. The molecule has 92 valence electrons. The van der Waals surface area contributed by atoms with E-state index in [-0.39, 0.29) is 0 Å². The summed E-state index contributed by atoms with van der Waals surface area (Å²) in [6.07, 6.45) is 1.96. The van der Waals surface area contributed by atoms with Crippen molar-refractivity contribution in [1.29, 1.82) is 0 Å². The minimum atomic E-state index is 0.460. The van der Waals surface area contributed by atoms with Gasteiger partial charge in [0.05, 0.1) is 29.1 Å². The Morgan fingerprint density at radius 2 is 2.24 bits per heavy atom. The normalized spacial score (nSPS) is 11.3. The fourth-order valence-corrected chi connectivity index (χ4v) is 2.06. The Morgan fingerprint density at radius 3 is 2.88 bits per heavy atom. The van der Waals surface area contributed by atoms with E-state index in [1.807, 2.05) is 17.8 Å².